The first-order chi connectivity index (χ1) is 26.0. The predicted molar refractivity (Wildman–Crippen MR) is 216 cm³/mol. The predicted octanol–water partition coefficient (Wildman–Crippen LogP) is 9.87. The van der Waals surface area contributed by atoms with Gasteiger partial charge >= 0.3 is 5.97 Å². The lowest BCUT2D eigenvalue weighted by Gasteiger charge is -2.27. The highest BCUT2D eigenvalue weighted by molar-refractivity contribution is 7.92. The molecule has 0 aliphatic carbocycles. The van der Waals surface area contributed by atoms with Crippen LogP contribution in [0.2, 0.25) is 5.02 Å². The third-order valence-electron chi connectivity index (χ3n) is 9.40. The molecule has 6 aromatic rings. The molecule has 1 amide bonds. The van der Waals surface area contributed by atoms with E-state index in [0.717, 1.165) is 38.9 Å². The van der Waals surface area contributed by atoms with Crippen molar-refractivity contribution in [2.45, 2.75) is 37.6 Å². The highest BCUT2D eigenvalue weighted by Crippen LogP contribution is 2.33. The van der Waals surface area contributed by atoms with Gasteiger partial charge in [-0.3, -0.25) is 13.9 Å². The average Bonchev–Trinajstić information content (AvgIpc) is 3.19. The van der Waals surface area contributed by atoms with Gasteiger partial charge < -0.3 is 10.4 Å². The summed E-state index contributed by atoms with van der Waals surface area (Å²) in [6.45, 7) is 3.91. The van der Waals surface area contributed by atoms with Gasteiger partial charge in [-0.25, -0.2) is 8.42 Å². The fourth-order valence-corrected chi connectivity index (χ4v) is 7.91. The molecule has 0 heterocycles. The molecule has 9 heteroatoms. The van der Waals surface area contributed by atoms with E-state index in [1.807, 2.05) is 109 Å². The van der Waals surface area contributed by atoms with E-state index >= 15 is 0 Å². The van der Waals surface area contributed by atoms with Crippen molar-refractivity contribution in [3.63, 3.8) is 0 Å². The van der Waals surface area contributed by atoms with Crippen molar-refractivity contribution >= 4 is 39.2 Å². The quantitative estimate of drug-likeness (QED) is 0.115. The molecule has 0 radical (unpaired) electrons. The summed E-state index contributed by atoms with van der Waals surface area (Å²) in [6, 6.07) is 46.0. The lowest BCUT2D eigenvalue weighted by Crippen LogP contribution is -2.36. The molecule has 7 nitrogen and oxygen atoms in total. The summed E-state index contributed by atoms with van der Waals surface area (Å²) >= 11 is 6.42. The van der Waals surface area contributed by atoms with Crippen molar-refractivity contribution in [3.8, 4) is 22.3 Å². The van der Waals surface area contributed by atoms with E-state index in [-0.39, 0.29) is 46.6 Å². The van der Waals surface area contributed by atoms with Gasteiger partial charge in [-0.1, -0.05) is 147 Å². The second-order valence-electron chi connectivity index (χ2n) is 13.5. The van der Waals surface area contributed by atoms with E-state index in [4.69, 9.17) is 11.6 Å². The van der Waals surface area contributed by atoms with Crippen LogP contribution in [0.3, 0.4) is 0 Å². The Morgan fingerprint density at radius 2 is 1.20 bits per heavy atom. The van der Waals surface area contributed by atoms with Gasteiger partial charge in [0.25, 0.3) is 15.9 Å². The maximum Gasteiger partial charge on any atom is 0.308 e. The number of carboxylic acid groups (broad SMARTS) is 1. The number of amides is 1. The number of carbonyl (C=O) groups is 2. The molecule has 0 bridgehead atoms. The summed E-state index contributed by atoms with van der Waals surface area (Å²) in [5.41, 5.74) is 6.61. The van der Waals surface area contributed by atoms with Gasteiger partial charge in [-0.05, 0) is 81.6 Å². The molecule has 0 aliphatic heterocycles. The molecule has 6 rings (SSSR count). The molecular weight excluding hydrogens is 716 g/mol. The molecule has 0 aliphatic rings. The molecule has 0 aromatic heterocycles. The van der Waals surface area contributed by atoms with Crippen LogP contribution < -0.4 is 9.62 Å². The summed E-state index contributed by atoms with van der Waals surface area (Å²) in [5.74, 6) is -2.37. The Labute approximate surface area is 321 Å². The fourth-order valence-electron chi connectivity index (χ4n) is 6.26. The number of benzene rings is 6. The number of rotatable bonds is 14. The molecule has 2 N–H and O–H groups in total. The summed E-state index contributed by atoms with van der Waals surface area (Å²) in [6.07, 6.45) is 0.180. The van der Waals surface area contributed by atoms with Crippen LogP contribution in [0.5, 0.6) is 0 Å². The zero-order valence-corrected chi connectivity index (χ0v) is 31.6. The van der Waals surface area contributed by atoms with Crippen LogP contribution in [0.15, 0.2) is 157 Å². The van der Waals surface area contributed by atoms with Crippen molar-refractivity contribution < 1.29 is 23.1 Å². The topological polar surface area (TPSA) is 104 Å². The van der Waals surface area contributed by atoms with Gasteiger partial charge in [0.15, 0.2) is 0 Å². The maximum atomic E-state index is 14.6. The van der Waals surface area contributed by atoms with Gasteiger partial charge in [0.1, 0.15) is 0 Å². The number of nitrogens with one attached hydrogen (secondary N) is 1. The number of carbonyl (C=O) groups excluding carboxylic acids is 1. The van der Waals surface area contributed by atoms with Gasteiger partial charge in [0.2, 0.25) is 0 Å². The number of hydrogen-bond acceptors (Lipinski definition) is 4. The zero-order valence-electron chi connectivity index (χ0n) is 30.0. The molecule has 0 fully saturated rings. The Morgan fingerprint density at radius 1 is 0.685 bits per heavy atom. The average molecular weight is 757 g/mol. The first-order valence-corrected chi connectivity index (χ1v) is 19.5. The van der Waals surface area contributed by atoms with Crippen LogP contribution in [0.25, 0.3) is 22.3 Å². The van der Waals surface area contributed by atoms with Crippen LogP contribution in [0.1, 0.15) is 46.8 Å². The van der Waals surface area contributed by atoms with E-state index in [1.165, 1.54) is 22.5 Å². The van der Waals surface area contributed by atoms with E-state index in [9.17, 15) is 23.1 Å². The largest absolute Gasteiger partial charge is 0.481 e. The normalized spacial score (nSPS) is 11.9. The van der Waals surface area contributed by atoms with Crippen molar-refractivity contribution in [1.82, 2.24) is 5.32 Å². The molecule has 54 heavy (non-hydrogen) atoms. The SMILES string of the molecule is CC(C)c1ccc(CN(c2ccc(Cl)cc2C(=O)NCC(Cc2ccc(-c3ccccc3)cc2)C(=O)O)S(=O)(=O)c2ccc(-c3ccccc3)cc2)cc1. The van der Waals surface area contributed by atoms with Crippen LogP contribution in [-0.4, -0.2) is 31.9 Å². The van der Waals surface area contributed by atoms with Crippen molar-refractivity contribution in [2.24, 2.45) is 5.92 Å². The number of nitrogens with zero attached hydrogens (tertiary/aromatic N) is 1. The Kier molecular flexibility index (Phi) is 12.0. The number of hydrogen-bond donors (Lipinski definition) is 2. The molecular formula is C45H41ClN2O5S. The minimum Gasteiger partial charge on any atom is -0.481 e. The van der Waals surface area contributed by atoms with Crippen molar-refractivity contribution in [2.75, 3.05) is 10.8 Å². The third-order valence-corrected chi connectivity index (χ3v) is 11.4. The van der Waals surface area contributed by atoms with Crippen LogP contribution in [0, 0.1) is 5.92 Å². The second kappa shape index (κ2) is 17.0. The van der Waals surface area contributed by atoms with E-state index < -0.39 is 27.8 Å². The Balaban J connectivity index is 1.29. The summed E-state index contributed by atoms with van der Waals surface area (Å²) in [5, 5.41) is 13.1. The number of anilines is 1. The lowest BCUT2D eigenvalue weighted by atomic mass is 9.97. The molecule has 274 valence electrons. The maximum absolute atomic E-state index is 14.6. The first kappa shape index (κ1) is 38.0. The standard InChI is InChI=1S/C45H41ClN2O5S/c1-31(2)34-17-15-33(16-18-34)30-48(54(52,53)41-24-21-38(22-25-41)36-11-7-4-8-12-36)43-26-23-40(46)28-42(43)44(49)47-29-39(45(50)51)27-32-13-19-37(20-14-32)35-9-5-3-6-10-35/h3-26,28,31,39H,27,29-30H2,1-2H3,(H,47,49)(H,50,51). The Hall–Kier alpha value is -5.70. The highest BCUT2D eigenvalue weighted by Gasteiger charge is 2.30. The van der Waals surface area contributed by atoms with Crippen molar-refractivity contribution in [3.05, 3.63) is 179 Å². The molecule has 0 spiro atoms. The third kappa shape index (κ3) is 9.08. The minimum atomic E-state index is -4.24. The number of halogens is 1. The van der Waals surface area contributed by atoms with Crippen LogP contribution in [0.4, 0.5) is 5.69 Å². The molecule has 0 saturated carbocycles. The van der Waals surface area contributed by atoms with Gasteiger partial charge in [-0.2, -0.15) is 0 Å². The number of carboxylic acids is 1. The Morgan fingerprint density at radius 3 is 1.74 bits per heavy atom. The smallest absolute Gasteiger partial charge is 0.308 e. The van der Waals surface area contributed by atoms with Gasteiger partial charge in [0.05, 0.1) is 28.6 Å². The molecule has 1 unspecified atom stereocenters. The lowest BCUT2D eigenvalue weighted by molar-refractivity contribution is -0.141. The summed E-state index contributed by atoms with van der Waals surface area (Å²) in [7, 11) is -4.24. The molecule has 0 saturated heterocycles. The number of sulfonamides is 1. The zero-order chi connectivity index (χ0) is 38.2. The summed E-state index contributed by atoms with van der Waals surface area (Å²) in [4.78, 5) is 26.4. The van der Waals surface area contributed by atoms with E-state index in [0.29, 0.717) is 0 Å². The molecule has 1 atom stereocenters. The van der Waals surface area contributed by atoms with Crippen LogP contribution >= 0.6 is 11.6 Å². The first-order valence-electron chi connectivity index (χ1n) is 17.7. The monoisotopic (exact) mass is 756 g/mol. The van der Waals surface area contributed by atoms with E-state index in [1.54, 1.807) is 24.3 Å². The van der Waals surface area contributed by atoms with Gasteiger partial charge in [-0.15, -0.1) is 0 Å². The minimum absolute atomic E-state index is 0.00198. The number of aliphatic carboxylic acids is 1. The summed E-state index contributed by atoms with van der Waals surface area (Å²) < 4.78 is 30.4. The molecule has 6 aromatic carbocycles. The van der Waals surface area contributed by atoms with Crippen LogP contribution in [-0.2, 0) is 27.8 Å². The van der Waals surface area contributed by atoms with E-state index in [2.05, 4.69) is 19.2 Å². The van der Waals surface area contributed by atoms with Gasteiger partial charge in [0, 0.05) is 11.6 Å². The Bertz CT molecular complexity index is 2310. The fraction of sp³-hybridized carbons (Fsp3) is 0.156. The second-order valence-corrected chi connectivity index (χ2v) is 15.8. The van der Waals surface area contributed by atoms with Crippen molar-refractivity contribution in [1.29, 1.82) is 0 Å². The highest BCUT2D eigenvalue weighted by atomic mass is 35.5.